The number of carbonyl (C=O) groups excluding carboxylic acids is 2. The van der Waals surface area contributed by atoms with Gasteiger partial charge in [0.15, 0.2) is 0 Å². The van der Waals surface area contributed by atoms with E-state index >= 15 is 0 Å². The lowest BCUT2D eigenvalue weighted by molar-refractivity contribution is -0.163. The Kier molecular flexibility index (Phi) is 5.57. The van der Waals surface area contributed by atoms with Gasteiger partial charge in [-0.3, -0.25) is 9.59 Å². The molecule has 158 valence electrons. The number of nitrogens with zero attached hydrogens (tertiary/aromatic N) is 2. The van der Waals surface area contributed by atoms with Gasteiger partial charge in [-0.05, 0) is 36.0 Å². The van der Waals surface area contributed by atoms with Gasteiger partial charge >= 0.3 is 6.18 Å². The van der Waals surface area contributed by atoms with Crippen molar-refractivity contribution >= 4 is 17.3 Å². The highest BCUT2D eigenvalue weighted by atomic mass is 19.4. The first-order valence-electron chi connectivity index (χ1n) is 9.25. The molecule has 1 fully saturated rings. The Morgan fingerprint density at radius 1 is 1.38 bits per heavy atom. The molecule has 10 heteroatoms. The number of hydrogen-bond donors (Lipinski definition) is 3. The van der Waals surface area contributed by atoms with E-state index in [0.29, 0.717) is 17.5 Å². The van der Waals surface area contributed by atoms with Gasteiger partial charge in [0.05, 0.1) is 23.7 Å². The van der Waals surface area contributed by atoms with E-state index in [4.69, 9.17) is 0 Å². The second kappa shape index (κ2) is 7.66. The van der Waals surface area contributed by atoms with E-state index in [9.17, 15) is 27.9 Å². The minimum atomic E-state index is -4.61. The molecule has 3 unspecified atom stereocenters. The van der Waals surface area contributed by atoms with E-state index in [0.717, 1.165) is 0 Å². The maximum atomic E-state index is 12.7. The lowest BCUT2D eigenvalue weighted by Crippen LogP contribution is -2.61. The summed E-state index contributed by atoms with van der Waals surface area (Å²) < 4.78 is 38.4. The number of fused-ring (bicyclic) bond motifs is 1. The first kappa shape index (κ1) is 21.1. The van der Waals surface area contributed by atoms with E-state index in [-0.39, 0.29) is 29.8 Å². The van der Waals surface area contributed by atoms with Crippen LogP contribution >= 0.6 is 0 Å². The number of hydrogen-bond acceptors (Lipinski definition) is 4. The van der Waals surface area contributed by atoms with E-state index in [1.54, 1.807) is 35.1 Å². The Balaban J connectivity index is 1.54. The topological polar surface area (TPSA) is 95.7 Å². The molecule has 0 spiro atoms. The molecule has 3 atom stereocenters. The third-order valence-electron chi connectivity index (χ3n) is 5.71. The van der Waals surface area contributed by atoms with Crippen LogP contribution in [0.1, 0.15) is 37.0 Å². The highest BCUT2D eigenvalue weighted by Crippen LogP contribution is 2.46. The summed E-state index contributed by atoms with van der Waals surface area (Å²) in [6.07, 6.45) is -4.40. The van der Waals surface area contributed by atoms with Crippen LogP contribution in [-0.4, -0.2) is 51.4 Å². The summed E-state index contributed by atoms with van der Waals surface area (Å²) in [4.78, 5) is 24.4. The zero-order chi connectivity index (χ0) is 21.4. The molecule has 1 saturated carbocycles. The SMILES string of the molecule is CC1(C)C(CNC(=O)C(O)CC(F)(F)F)CC1NC(=O)c1cccn2nccc12. The molecule has 2 aromatic heterocycles. The van der Waals surface area contributed by atoms with Gasteiger partial charge in [-0.25, -0.2) is 4.52 Å². The van der Waals surface area contributed by atoms with Crippen LogP contribution in [0.15, 0.2) is 30.6 Å². The van der Waals surface area contributed by atoms with Crippen LogP contribution in [0.2, 0.25) is 0 Å². The number of rotatable bonds is 6. The zero-order valence-electron chi connectivity index (χ0n) is 16.0. The minimum Gasteiger partial charge on any atom is -0.383 e. The molecule has 2 aromatic rings. The predicted molar refractivity (Wildman–Crippen MR) is 98.0 cm³/mol. The summed E-state index contributed by atoms with van der Waals surface area (Å²) in [6, 6.07) is 5.02. The van der Waals surface area contributed by atoms with Crippen molar-refractivity contribution in [3.8, 4) is 0 Å². The van der Waals surface area contributed by atoms with Gasteiger partial charge in [-0.1, -0.05) is 13.8 Å². The molecule has 0 aromatic carbocycles. The molecular formula is C19H23F3N4O3. The maximum absolute atomic E-state index is 12.7. The summed E-state index contributed by atoms with van der Waals surface area (Å²) in [5.74, 6) is -1.32. The molecule has 29 heavy (non-hydrogen) atoms. The van der Waals surface area contributed by atoms with Crippen LogP contribution in [0.4, 0.5) is 13.2 Å². The highest BCUT2D eigenvalue weighted by Gasteiger charge is 2.49. The Hall–Kier alpha value is -2.62. The molecule has 0 saturated heterocycles. The Labute approximate surface area is 165 Å². The summed E-state index contributed by atoms with van der Waals surface area (Å²) >= 11 is 0. The number of aromatic nitrogens is 2. The second-order valence-corrected chi connectivity index (χ2v) is 7.94. The van der Waals surface area contributed by atoms with Crippen molar-refractivity contribution < 1.29 is 27.9 Å². The first-order chi connectivity index (χ1) is 13.5. The molecular weight excluding hydrogens is 389 g/mol. The third kappa shape index (κ3) is 4.52. The number of carbonyl (C=O) groups is 2. The molecule has 0 aliphatic heterocycles. The molecule has 2 heterocycles. The number of nitrogens with one attached hydrogen (secondary N) is 2. The van der Waals surface area contributed by atoms with Crippen molar-refractivity contribution in [3.05, 3.63) is 36.2 Å². The lowest BCUT2D eigenvalue weighted by Gasteiger charge is -2.52. The fourth-order valence-corrected chi connectivity index (χ4v) is 3.64. The largest absolute Gasteiger partial charge is 0.392 e. The number of aliphatic hydroxyl groups is 1. The average molecular weight is 412 g/mol. The smallest absolute Gasteiger partial charge is 0.383 e. The number of amides is 2. The minimum absolute atomic E-state index is 0.0411. The van der Waals surface area contributed by atoms with Crippen LogP contribution in [0.5, 0.6) is 0 Å². The monoisotopic (exact) mass is 412 g/mol. The van der Waals surface area contributed by atoms with E-state index in [1.165, 1.54) is 0 Å². The van der Waals surface area contributed by atoms with Crippen molar-refractivity contribution in [1.82, 2.24) is 20.2 Å². The number of aliphatic hydroxyl groups excluding tert-OH is 1. The van der Waals surface area contributed by atoms with E-state index < -0.39 is 24.6 Å². The van der Waals surface area contributed by atoms with Crippen molar-refractivity contribution in [3.63, 3.8) is 0 Å². The fraction of sp³-hybridized carbons (Fsp3) is 0.526. The van der Waals surface area contributed by atoms with Crippen LogP contribution in [0.3, 0.4) is 0 Å². The molecule has 3 rings (SSSR count). The fourth-order valence-electron chi connectivity index (χ4n) is 3.64. The summed E-state index contributed by atoms with van der Waals surface area (Å²) in [6.45, 7) is 3.97. The van der Waals surface area contributed by atoms with Crippen molar-refractivity contribution in [2.24, 2.45) is 11.3 Å². The number of alkyl halides is 3. The average Bonchev–Trinajstić information content (AvgIpc) is 3.10. The van der Waals surface area contributed by atoms with Gasteiger partial charge < -0.3 is 15.7 Å². The lowest BCUT2D eigenvalue weighted by atomic mass is 9.58. The van der Waals surface area contributed by atoms with Gasteiger partial charge in [0.1, 0.15) is 6.10 Å². The normalized spacial score (nSPS) is 22.0. The Bertz CT molecular complexity index is 909. The molecule has 0 radical (unpaired) electrons. The van der Waals surface area contributed by atoms with Gasteiger partial charge in [0.2, 0.25) is 5.91 Å². The van der Waals surface area contributed by atoms with Crippen molar-refractivity contribution in [2.45, 2.75) is 45.0 Å². The number of halogens is 3. The van der Waals surface area contributed by atoms with E-state index in [2.05, 4.69) is 15.7 Å². The molecule has 1 aliphatic carbocycles. The van der Waals surface area contributed by atoms with Crippen LogP contribution in [0, 0.1) is 11.3 Å². The maximum Gasteiger partial charge on any atom is 0.392 e. The third-order valence-corrected chi connectivity index (χ3v) is 5.71. The Morgan fingerprint density at radius 3 is 2.76 bits per heavy atom. The van der Waals surface area contributed by atoms with Crippen LogP contribution in [-0.2, 0) is 4.79 Å². The van der Waals surface area contributed by atoms with Crippen molar-refractivity contribution in [1.29, 1.82) is 0 Å². The van der Waals surface area contributed by atoms with Crippen LogP contribution in [0.25, 0.3) is 5.52 Å². The molecule has 2 amide bonds. The molecule has 3 N–H and O–H groups in total. The van der Waals surface area contributed by atoms with E-state index in [1.807, 2.05) is 13.8 Å². The van der Waals surface area contributed by atoms with Gasteiger partial charge in [-0.15, -0.1) is 0 Å². The standard InChI is InChI=1S/C19H23F3N4O3/c1-18(2)11(10-23-17(29)14(27)9-19(20,21)22)8-15(18)25-16(28)12-4-3-7-26-13(12)5-6-24-26/h3-7,11,14-15,27H,8-10H2,1-2H3,(H,23,29)(H,25,28). The second-order valence-electron chi connectivity index (χ2n) is 7.94. The summed E-state index contributed by atoms with van der Waals surface area (Å²) in [7, 11) is 0. The highest BCUT2D eigenvalue weighted by molar-refractivity contribution is 6.00. The number of pyridine rings is 1. The summed E-state index contributed by atoms with van der Waals surface area (Å²) in [5, 5.41) is 18.8. The van der Waals surface area contributed by atoms with Gasteiger partial charge in [0.25, 0.3) is 5.91 Å². The first-order valence-corrected chi connectivity index (χ1v) is 9.25. The quantitative estimate of drug-likeness (QED) is 0.676. The Morgan fingerprint density at radius 2 is 2.10 bits per heavy atom. The zero-order valence-corrected chi connectivity index (χ0v) is 16.0. The molecule has 7 nitrogen and oxygen atoms in total. The van der Waals surface area contributed by atoms with Gasteiger partial charge in [-0.2, -0.15) is 18.3 Å². The predicted octanol–water partition coefficient (Wildman–Crippen LogP) is 1.91. The molecule has 0 bridgehead atoms. The molecule has 1 aliphatic rings. The van der Waals surface area contributed by atoms with Crippen molar-refractivity contribution in [2.75, 3.05) is 6.54 Å². The van der Waals surface area contributed by atoms with Crippen LogP contribution < -0.4 is 10.6 Å². The van der Waals surface area contributed by atoms with Gasteiger partial charge in [0, 0.05) is 18.8 Å². The summed E-state index contributed by atoms with van der Waals surface area (Å²) in [5.41, 5.74) is 0.806.